The summed E-state index contributed by atoms with van der Waals surface area (Å²) >= 11 is 0. The number of nitrogens with two attached hydrogens (primary N) is 1. The largest absolute Gasteiger partial charge is 0.399 e. The maximum atomic E-state index is 11.6. The molecule has 0 saturated heterocycles. The molecule has 0 unspecified atom stereocenters. The Hall–Kier alpha value is -2.37. The first kappa shape index (κ1) is 13.1. The number of carbonyl (C=O) groups is 1. The molecule has 19 heavy (non-hydrogen) atoms. The molecule has 0 bridgehead atoms. The number of nitrogens with zero attached hydrogens (tertiary/aromatic N) is 2. The van der Waals surface area contributed by atoms with E-state index < -0.39 is 0 Å². The third-order valence-corrected chi connectivity index (χ3v) is 2.53. The minimum absolute atomic E-state index is 0.0781. The van der Waals surface area contributed by atoms with Crippen LogP contribution in [0.1, 0.15) is 13.8 Å². The lowest BCUT2D eigenvalue weighted by Gasteiger charge is -2.11. The fourth-order valence-corrected chi connectivity index (χ4v) is 1.75. The van der Waals surface area contributed by atoms with Gasteiger partial charge in [-0.2, -0.15) is 0 Å². The van der Waals surface area contributed by atoms with Crippen LogP contribution in [0.2, 0.25) is 0 Å². The third-order valence-electron chi connectivity index (χ3n) is 2.53. The van der Waals surface area contributed by atoms with E-state index in [9.17, 15) is 4.79 Å². The topological polar surface area (TPSA) is 92.9 Å². The second-order valence-corrected chi connectivity index (χ2v) is 4.57. The molecule has 0 fully saturated rings. The summed E-state index contributed by atoms with van der Waals surface area (Å²) in [5.41, 5.74) is 7.18. The quantitative estimate of drug-likeness (QED) is 0.716. The van der Waals surface area contributed by atoms with E-state index >= 15 is 0 Å². The summed E-state index contributed by atoms with van der Waals surface area (Å²) in [7, 11) is 0. The lowest BCUT2D eigenvalue weighted by molar-refractivity contribution is -0.119. The number of nitrogen functional groups attached to an aromatic ring is 1. The van der Waals surface area contributed by atoms with Gasteiger partial charge in [-0.15, -0.1) is 0 Å². The number of rotatable bonds is 4. The van der Waals surface area contributed by atoms with Crippen LogP contribution in [0.25, 0.3) is 10.9 Å². The Kier molecular flexibility index (Phi) is 3.79. The molecule has 0 atom stereocenters. The summed E-state index contributed by atoms with van der Waals surface area (Å²) < 4.78 is 0. The van der Waals surface area contributed by atoms with Crippen molar-refractivity contribution in [2.24, 2.45) is 0 Å². The fourth-order valence-electron chi connectivity index (χ4n) is 1.75. The first-order chi connectivity index (χ1) is 9.06. The zero-order valence-electron chi connectivity index (χ0n) is 11.0. The van der Waals surface area contributed by atoms with Gasteiger partial charge in [0.15, 0.2) is 0 Å². The first-order valence-electron chi connectivity index (χ1n) is 6.09. The molecule has 0 spiro atoms. The van der Waals surface area contributed by atoms with Crippen LogP contribution in [-0.4, -0.2) is 28.5 Å². The van der Waals surface area contributed by atoms with Gasteiger partial charge < -0.3 is 16.4 Å². The van der Waals surface area contributed by atoms with Gasteiger partial charge in [0.25, 0.3) is 0 Å². The molecule has 1 heterocycles. The molecule has 0 aliphatic heterocycles. The number of nitrogens with one attached hydrogen (secondary N) is 2. The lowest BCUT2D eigenvalue weighted by atomic mass is 10.2. The number of fused-ring (bicyclic) bond motifs is 1. The van der Waals surface area contributed by atoms with E-state index in [0.717, 1.165) is 10.9 Å². The van der Waals surface area contributed by atoms with Gasteiger partial charge in [-0.1, -0.05) is 0 Å². The molecule has 0 aliphatic carbocycles. The van der Waals surface area contributed by atoms with E-state index in [1.807, 2.05) is 19.9 Å². The second kappa shape index (κ2) is 5.51. The number of hydrogen-bond donors (Lipinski definition) is 3. The number of benzene rings is 1. The van der Waals surface area contributed by atoms with Crippen molar-refractivity contribution in [2.75, 3.05) is 17.6 Å². The van der Waals surface area contributed by atoms with Gasteiger partial charge in [0.1, 0.15) is 12.1 Å². The molecule has 4 N–H and O–H groups in total. The summed E-state index contributed by atoms with van der Waals surface area (Å²) in [6.45, 7) is 4.00. The van der Waals surface area contributed by atoms with Crippen LogP contribution < -0.4 is 16.4 Å². The van der Waals surface area contributed by atoms with E-state index in [2.05, 4.69) is 20.6 Å². The van der Waals surface area contributed by atoms with Crippen molar-refractivity contribution in [1.82, 2.24) is 15.3 Å². The Morgan fingerprint density at radius 1 is 1.37 bits per heavy atom. The van der Waals surface area contributed by atoms with Crippen LogP contribution >= 0.6 is 0 Å². The van der Waals surface area contributed by atoms with Gasteiger partial charge in [0.05, 0.1) is 12.1 Å². The fraction of sp³-hybridized carbons (Fsp3) is 0.308. The molecule has 1 amide bonds. The van der Waals surface area contributed by atoms with Crippen molar-refractivity contribution in [1.29, 1.82) is 0 Å². The third kappa shape index (κ3) is 3.31. The Labute approximate surface area is 111 Å². The predicted octanol–water partition coefficient (Wildman–Crippen LogP) is 1.15. The zero-order chi connectivity index (χ0) is 13.8. The molecule has 1 aromatic carbocycles. The molecule has 0 saturated carbocycles. The van der Waals surface area contributed by atoms with Crippen LogP contribution in [0.15, 0.2) is 24.5 Å². The first-order valence-corrected chi connectivity index (χ1v) is 6.09. The average Bonchev–Trinajstić information content (AvgIpc) is 2.35. The molecule has 6 heteroatoms. The summed E-state index contributed by atoms with van der Waals surface area (Å²) in [6, 6.07) is 5.51. The smallest absolute Gasteiger partial charge is 0.239 e. The highest BCUT2D eigenvalue weighted by molar-refractivity contribution is 5.92. The van der Waals surface area contributed by atoms with Crippen molar-refractivity contribution in [3.63, 3.8) is 0 Å². The lowest BCUT2D eigenvalue weighted by Crippen LogP contribution is -2.35. The standard InChI is InChI=1S/C13H17N5O/c1-8(2)18-12(19)6-15-13-10-5-9(14)3-4-11(10)16-7-17-13/h3-5,7-8H,6,14H2,1-2H3,(H,18,19)(H,15,16,17). The highest BCUT2D eigenvalue weighted by Gasteiger charge is 2.07. The van der Waals surface area contributed by atoms with Crippen LogP contribution in [0.3, 0.4) is 0 Å². The van der Waals surface area contributed by atoms with E-state index in [1.165, 1.54) is 6.33 Å². The number of hydrogen-bond acceptors (Lipinski definition) is 5. The molecule has 2 rings (SSSR count). The molecule has 0 aliphatic rings. The van der Waals surface area contributed by atoms with Gasteiger partial charge in [0, 0.05) is 17.1 Å². The number of anilines is 2. The van der Waals surface area contributed by atoms with Crippen LogP contribution in [0, 0.1) is 0 Å². The molecule has 100 valence electrons. The number of amides is 1. The average molecular weight is 259 g/mol. The maximum absolute atomic E-state index is 11.6. The van der Waals surface area contributed by atoms with Crippen molar-refractivity contribution in [2.45, 2.75) is 19.9 Å². The summed E-state index contributed by atoms with van der Waals surface area (Å²) in [5.74, 6) is 0.530. The van der Waals surface area contributed by atoms with E-state index in [1.54, 1.807) is 12.1 Å². The zero-order valence-corrected chi connectivity index (χ0v) is 11.0. The van der Waals surface area contributed by atoms with Crippen LogP contribution in [0.4, 0.5) is 11.5 Å². The van der Waals surface area contributed by atoms with E-state index in [-0.39, 0.29) is 18.5 Å². The molecule has 1 aromatic heterocycles. The Morgan fingerprint density at radius 2 is 2.16 bits per heavy atom. The molecule has 2 aromatic rings. The van der Waals surface area contributed by atoms with Crippen molar-refractivity contribution in [3.05, 3.63) is 24.5 Å². The van der Waals surface area contributed by atoms with Gasteiger partial charge in [0.2, 0.25) is 5.91 Å². The Balaban J connectivity index is 2.16. The molecule has 6 nitrogen and oxygen atoms in total. The van der Waals surface area contributed by atoms with Crippen molar-refractivity contribution < 1.29 is 4.79 Å². The Bertz CT molecular complexity index is 597. The predicted molar refractivity (Wildman–Crippen MR) is 75.7 cm³/mol. The van der Waals surface area contributed by atoms with Gasteiger partial charge in [-0.3, -0.25) is 4.79 Å². The SMILES string of the molecule is CC(C)NC(=O)CNc1ncnc2ccc(N)cc12. The van der Waals surface area contributed by atoms with E-state index in [4.69, 9.17) is 5.73 Å². The summed E-state index contributed by atoms with van der Waals surface area (Å²) in [6.07, 6.45) is 1.46. The minimum atomic E-state index is -0.0781. The minimum Gasteiger partial charge on any atom is -0.399 e. The van der Waals surface area contributed by atoms with E-state index in [0.29, 0.717) is 11.5 Å². The van der Waals surface area contributed by atoms with Gasteiger partial charge in [-0.05, 0) is 32.0 Å². The normalized spacial score (nSPS) is 10.7. The molecular formula is C13H17N5O. The van der Waals surface area contributed by atoms with Gasteiger partial charge in [-0.25, -0.2) is 9.97 Å². The van der Waals surface area contributed by atoms with Crippen molar-refractivity contribution >= 4 is 28.3 Å². The number of carbonyl (C=O) groups excluding carboxylic acids is 1. The second-order valence-electron chi connectivity index (χ2n) is 4.57. The van der Waals surface area contributed by atoms with Crippen LogP contribution in [0.5, 0.6) is 0 Å². The van der Waals surface area contributed by atoms with Crippen LogP contribution in [-0.2, 0) is 4.79 Å². The molecular weight excluding hydrogens is 242 g/mol. The number of aromatic nitrogens is 2. The maximum Gasteiger partial charge on any atom is 0.239 e. The summed E-state index contributed by atoms with van der Waals surface area (Å²) in [5, 5.41) is 6.61. The highest BCUT2D eigenvalue weighted by Crippen LogP contribution is 2.21. The summed E-state index contributed by atoms with van der Waals surface area (Å²) in [4.78, 5) is 19.9. The molecule has 0 radical (unpaired) electrons. The monoisotopic (exact) mass is 259 g/mol. The van der Waals surface area contributed by atoms with Gasteiger partial charge >= 0.3 is 0 Å². The highest BCUT2D eigenvalue weighted by atomic mass is 16.1. The van der Waals surface area contributed by atoms with Crippen molar-refractivity contribution in [3.8, 4) is 0 Å². The Morgan fingerprint density at radius 3 is 2.89 bits per heavy atom.